The van der Waals surface area contributed by atoms with Crippen molar-refractivity contribution in [2.45, 2.75) is 0 Å². The van der Waals surface area contributed by atoms with Crippen molar-refractivity contribution >= 4 is 29.1 Å². The first kappa shape index (κ1) is 18.7. The smallest absolute Gasteiger partial charge is 0.329 e. The van der Waals surface area contributed by atoms with Crippen molar-refractivity contribution in [3.63, 3.8) is 0 Å². The molecule has 0 aromatic heterocycles. The summed E-state index contributed by atoms with van der Waals surface area (Å²) in [5.41, 5.74) is 10.2. The summed E-state index contributed by atoms with van der Waals surface area (Å²) in [6, 6.07) is 47.9. The third kappa shape index (κ3) is 3.04. The van der Waals surface area contributed by atoms with E-state index in [9.17, 15) is 0 Å². The lowest BCUT2D eigenvalue weighted by Gasteiger charge is -2.40. The molecule has 0 fully saturated rings. The van der Waals surface area contributed by atoms with Crippen LogP contribution in [-0.2, 0) is 0 Å². The Bertz CT molecular complexity index is 1350. The third-order valence-corrected chi connectivity index (χ3v) is 6.33. The Morgan fingerprint density at radius 2 is 1.00 bits per heavy atom. The van der Waals surface area contributed by atoms with Crippen LogP contribution in [-0.4, -0.2) is 6.85 Å². The van der Waals surface area contributed by atoms with Gasteiger partial charge in [0, 0.05) is 16.9 Å². The molecule has 0 atom stereocenters. The zero-order chi connectivity index (χ0) is 21.3. The molecule has 5 aromatic carbocycles. The summed E-state index contributed by atoms with van der Waals surface area (Å²) in [6.45, 7) is 0.0694. The van der Waals surface area contributed by atoms with Crippen LogP contribution in [0, 0.1) is 0 Å². The van der Waals surface area contributed by atoms with Crippen molar-refractivity contribution in [3.8, 4) is 22.3 Å². The molecule has 1 heterocycles. The van der Waals surface area contributed by atoms with Crippen LogP contribution in [0.1, 0.15) is 0 Å². The van der Waals surface area contributed by atoms with Crippen molar-refractivity contribution in [1.29, 1.82) is 0 Å². The maximum absolute atomic E-state index is 2.50. The van der Waals surface area contributed by atoms with Crippen LogP contribution in [0.4, 0.5) is 11.4 Å². The quantitative estimate of drug-likeness (QED) is 0.318. The fourth-order valence-electron chi connectivity index (χ4n) is 4.97. The molecule has 0 amide bonds. The van der Waals surface area contributed by atoms with Crippen LogP contribution < -0.4 is 15.7 Å². The number of nitrogens with zero attached hydrogens (tertiary/aromatic N) is 1. The first-order valence-corrected chi connectivity index (χ1v) is 11.1. The summed E-state index contributed by atoms with van der Waals surface area (Å²) in [5, 5.41) is 0. The Hall–Kier alpha value is -4.04. The Kier molecular flexibility index (Phi) is 4.62. The highest BCUT2D eigenvalue weighted by Crippen LogP contribution is 2.40. The molecule has 1 nitrogen and oxygen atoms in total. The molecular weight excluding hydrogens is 385 g/mol. The van der Waals surface area contributed by atoms with Crippen molar-refractivity contribution in [2.24, 2.45) is 0 Å². The van der Waals surface area contributed by atoms with Gasteiger partial charge in [-0.3, -0.25) is 0 Å². The monoisotopic (exact) mass is 407 g/mol. The second-order valence-electron chi connectivity index (χ2n) is 8.17. The van der Waals surface area contributed by atoms with Gasteiger partial charge >= 0.3 is 6.85 Å². The molecular formula is C30H22BN. The van der Waals surface area contributed by atoms with Gasteiger partial charge in [0.25, 0.3) is 0 Å². The van der Waals surface area contributed by atoms with Gasteiger partial charge in [-0.05, 0) is 40.4 Å². The highest BCUT2D eigenvalue weighted by molar-refractivity contribution is 6.91. The van der Waals surface area contributed by atoms with Crippen molar-refractivity contribution in [2.75, 3.05) is 4.81 Å². The summed E-state index contributed by atoms with van der Waals surface area (Å²) in [7, 11) is 0. The van der Waals surface area contributed by atoms with Crippen LogP contribution in [0.5, 0.6) is 0 Å². The van der Waals surface area contributed by atoms with E-state index in [1.165, 1.54) is 44.6 Å². The molecule has 0 aliphatic carbocycles. The lowest BCUT2D eigenvalue weighted by Crippen LogP contribution is -2.58. The molecule has 0 saturated heterocycles. The number of hydrogen-bond donors (Lipinski definition) is 0. The molecule has 5 aromatic rings. The van der Waals surface area contributed by atoms with E-state index in [0.717, 1.165) is 0 Å². The minimum atomic E-state index is 0.0694. The molecule has 1 aliphatic rings. The van der Waals surface area contributed by atoms with E-state index in [2.05, 4.69) is 138 Å². The predicted octanol–water partition coefficient (Wildman–Crippen LogP) is 6.28. The van der Waals surface area contributed by atoms with Gasteiger partial charge in [-0.25, -0.2) is 0 Å². The molecule has 0 saturated carbocycles. The number of anilines is 2. The van der Waals surface area contributed by atoms with E-state index in [4.69, 9.17) is 0 Å². The third-order valence-electron chi connectivity index (χ3n) is 6.33. The fourth-order valence-corrected chi connectivity index (χ4v) is 4.97. The van der Waals surface area contributed by atoms with E-state index in [0.29, 0.717) is 0 Å². The average Bonchev–Trinajstić information content (AvgIpc) is 2.89. The van der Waals surface area contributed by atoms with Crippen LogP contribution in [0.2, 0.25) is 0 Å². The maximum Gasteiger partial charge on any atom is 0.329 e. The Morgan fingerprint density at radius 3 is 1.75 bits per heavy atom. The zero-order valence-corrected chi connectivity index (χ0v) is 17.7. The molecule has 0 radical (unpaired) electrons. The molecule has 0 unspecified atom stereocenters. The zero-order valence-electron chi connectivity index (χ0n) is 17.7. The molecule has 0 spiro atoms. The van der Waals surface area contributed by atoms with Gasteiger partial charge in [-0.1, -0.05) is 121 Å². The summed E-state index contributed by atoms with van der Waals surface area (Å²) < 4.78 is 0. The normalized spacial score (nSPS) is 12.2. The van der Waals surface area contributed by atoms with Crippen LogP contribution >= 0.6 is 0 Å². The number of fused-ring (bicyclic) bond motifs is 3. The lowest BCUT2D eigenvalue weighted by molar-refractivity contribution is 1.36. The number of benzene rings is 5. The highest BCUT2D eigenvalue weighted by atomic mass is 15.1. The van der Waals surface area contributed by atoms with Gasteiger partial charge < -0.3 is 4.81 Å². The first-order valence-electron chi connectivity index (χ1n) is 11.1. The van der Waals surface area contributed by atoms with Crippen LogP contribution in [0.15, 0.2) is 133 Å². The molecule has 6 rings (SSSR count). The van der Waals surface area contributed by atoms with E-state index < -0.39 is 0 Å². The van der Waals surface area contributed by atoms with Gasteiger partial charge in [0.1, 0.15) is 0 Å². The second kappa shape index (κ2) is 7.90. The molecule has 32 heavy (non-hydrogen) atoms. The van der Waals surface area contributed by atoms with E-state index in [1.54, 1.807) is 0 Å². The van der Waals surface area contributed by atoms with E-state index >= 15 is 0 Å². The van der Waals surface area contributed by atoms with E-state index in [1.807, 2.05) is 0 Å². The summed E-state index contributed by atoms with van der Waals surface area (Å²) in [5.74, 6) is 0. The molecule has 0 bridgehead atoms. The van der Waals surface area contributed by atoms with Crippen molar-refractivity contribution in [3.05, 3.63) is 133 Å². The minimum Gasteiger partial charge on any atom is -0.376 e. The number of para-hydroxylation sites is 2. The van der Waals surface area contributed by atoms with Gasteiger partial charge in [-0.2, -0.15) is 0 Å². The largest absolute Gasteiger partial charge is 0.376 e. The molecule has 0 N–H and O–H groups in total. The Labute approximate surface area is 189 Å². The average molecular weight is 407 g/mol. The summed E-state index contributed by atoms with van der Waals surface area (Å²) in [4.78, 5) is 2.50. The van der Waals surface area contributed by atoms with Gasteiger partial charge in [0.05, 0.1) is 0 Å². The molecule has 1 aliphatic heterocycles. The fraction of sp³-hybridized carbons (Fsp3) is 0. The van der Waals surface area contributed by atoms with Crippen molar-refractivity contribution < 1.29 is 0 Å². The van der Waals surface area contributed by atoms with Gasteiger partial charge in [0.2, 0.25) is 0 Å². The maximum atomic E-state index is 2.50. The predicted molar refractivity (Wildman–Crippen MR) is 137 cm³/mol. The molecule has 2 heteroatoms. The van der Waals surface area contributed by atoms with Crippen LogP contribution in [0.3, 0.4) is 0 Å². The standard InChI is InChI=1S/C30H22BN/c1-4-13-23(14-5-1)26-20-12-21-28-27-19-10-11-22-29(27)32(25-17-8-3-9-18-25)31(30(26)28)24-15-6-2-7-16-24/h1-22H. The summed E-state index contributed by atoms with van der Waals surface area (Å²) in [6.07, 6.45) is 0. The topological polar surface area (TPSA) is 3.24 Å². The van der Waals surface area contributed by atoms with E-state index in [-0.39, 0.29) is 6.85 Å². The lowest BCUT2D eigenvalue weighted by atomic mass is 9.44. The van der Waals surface area contributed by atoms with Gasteiger partial charge in [-0.15, -0.1) is 0 Å². The number of rotatable bonds is 3. The van der Waals surface area contributed by atoms with Crippen molar-refractivity contribution in [1.82, 2.24) is 0 Å². The van der Waals surface area contributed by atoms with Gasteiger partial charge in [0.15, 0.2) is 0 Å². The second-order valence-corrected chi connectivity index (χ2v) is 8.17. The first-order chi connectivity index (χ1) is 15.9. The Morgan fingerprint density at radius 1 is 0.438 bits per heavy atom. The molecule has 150 valence electrons. The Balaban J connectivity index is 1.72. The minimum absolute atomic E-state index is 0.0694. The highest BCUT2D eigenvalue weighted by Gasteiger charge is 2.38. The van der Waals surface area contributed by atoms with Crippen LogP contribution in [0.25, 0.3) is 22.3 Å². The SMILES string of the molecule is c1ccc(B2c3c(-c4ccccc4)cccc3-c3ccccc3N2c2ccccc2)cc1. The number of hydrogen-bond acceptors (Lipinski definition) is 1. The summed E-state index contributed by atoms with van der Waals surface area (Å²) >= 11 is 0.